The second kappa shape index (κ2) is 8.17. The van der Waals surface area contributed by atoms with Crippen LogP contribution in [0, 0.1) is 5.92 Å². The zero-order chi connectivity index (χ0) is 18.4. The molecule has 0 unspecified atom stereocenters. The Kier molecular flexibility index (Phi) is 7.54. The standard InChI is InChI=1S/C16H29NO6/c1-10(12(18)21-8)9-11(13(19)22-15(2,3)4)17-14(20)23-16(5,6)7/h10-11H,9H2,1-8H3,(H,17,20)/t10-,11-/m0/s1. The van der Waals surface area contributed by atoms with Gasteiger partial charge in [0.15, 0.2) is 0 Å². The molecule has 0 heterocycles. The third-order valence-corrected chi connectivity index (χ3v) is 2.58. The van der Waals surface area contributed by atoms with E-state index in [0.29, 0.717) is 0 Å². The fraction of sp³-hybridized carbons (Fsp3) is 0.812. The largest absolute Gasteiger partial charge is 0.469 e. The van der Waals surface area contributed by atoms with Gasteiger partial charge in [-0.15, -0.1) is 0 Å². The Balaban J connectivity index is 5.03. The zero-order valence-electron chi connectivity index (χ0n) is 15.3. The average Bonchev–Trinajstić information content (AvgIpc) is 2.32. The molecule has 134 valence electrons. The fourth-order valence-corrected chi connectivity index (χ4v) is 1.69. The Morgan fingerprint density at radius 2 is 1.39 bits per heavy atom. The Morgan fingerprint density at radius 3 is 1.78 bits per heavy atom. The third-order valence-electron chi connectivity index (χ3n) is 2.58. The van der Waals surface area contributed by atoms with Crippen molar-refractivity contribution in [2.75, 3.05) is 7.11 Å². The highest BCUT2D eigenvalue weighted by Gasteiger charge is 2.31. The van der Waals surface area contributed by atoms with E-state index in [1.54, 1.807) is 48.5 Å². The lowest BCUT2D eigenvalue weighted by Gasteiger charge is -2.27. The molecule has 0 saturated carbocycles. The van der Waals surface area contributed by atoms with E-state index >= 15 is 0 Å². The molecule has 23 heavy (non-hydrogen) atoms. The van der Waals surface area contributed by atoms with E-state index in [4.69, 9.17) is 9.47 Å². The average molecular weight is 331 g/mol. The minimum Gasteiger partial charge on any atom is -0.469 e. The van der Waals surface area contributed by atoms with E-state index in [9.17, 15) is 14.4 Å². The molecule has 0 fully saturated rings. The van der Waals surface area contributed by atoms with E-state index in [0.717, 1.165) is 0 Å². The van der Waals surface area contributed by atoms with Crippen molar-refractivity contribution in [3.63, 3.8) is 0 Å². The number of methoxy groups -OCH3 is 1. The molecular formula is C16H29NO6. The van der Waals surface area contributed by atoms with Gasteiger partial charge < -0.3 is 19.5 Å². The molecule has 2 atom stereocenters. The quantitative estimate of drug-likeness (QED) is 0.614. The Labute approximate surface area is 138 Å². The predicted octanol–water partition coefficient (Wildman–Crippen LogP) is 2.42. The summed E-state index contributed by atoms with van der Waals surface area (Å²) in [5.74, 6) is -1.67. The molecular weight excluding hydrogens is 302 g/mol. The molecule has 1 N–H and O–H groups in total. The van der Waals surface area contributed by atoms with Crippen molar-refractivity contribution in [3.05, 3.63) is 0 Å². The summed E-state index contributed by atoms with van der Waals surface area (Å²) in [4.78, 5) is 35.7. The molecule has 7 nitrogen and oxygen atoms in total. The van der Waals surface area contributed by atoms with Gasteiger partial charge in [0, 0.05) is 0 Å². The molecule has 0 aliphatic rings. The van der Waals surface area contributed by atoms with Gasteiger partial charge in [-0.05, 0) is 48.0 Å². The summed E-state index contributed by atoms with van der Waals surface area (Å²) in [6.45, 7) is 11.9. The van der Waals surface area contributed by atoms with E-state index < -0.39 is 41.2 Å². The van der Waals surface area contributed by atoms with Crippen LogP contribution < -0.4 is 5.32 Å². The van der Waals surface area contributed by atoms with Crippen LogP contribution in [0.2, 0.25) is 0 Å². The van der Waals surface area contributed by atoms with Gasteiger partial charge in [-0.25, -0.2) is 9.59 Å². The summed E-state index contributed by atoms with van der Waals surface area (Å²) in [5.41, 5.74) is -1.41. The predicted molar refractivity (Wildman–Crippen MR) is 84.8 cm³/mol. The molecule has 0 aromatic carbocycles. The van der Waals surface area contributed by atoms with Crippen LogP contribution in [0.3, 0.4) is 0 Å². The van der Waals surface area contributed by atoms with Crippen molar-refractivity contribution in [2.24, 2.45) is 5.92 Å². The maximum absolute atomic E-state index is 12.3. The lowest BCUT2D eigenvalue weighted by Crippen LogP contribution is -2.47. The van der Waals surface area contributed by atoms with Crippen molar-refractivity contribution in [3.8, 4) is 0 Å². The SMILES string of the molecule is COC(=O)[C@@H](C)C[C@H](NC(=O)OC(C)(C)C)C(=O)OC(C)(C)C. The number of hydrogen-bond donors (Lipinski definition) is 1. The second-order valence-corrected chi connectivity index (χ2v) is 7.39. The molecule has 0 saturated heterocycles. The first-order chi connectivity index (χ1) is 10.2. The van der Waals surface area contributed by atoms with Crippen molar-refractivity contribution in [1.82, 2.24) is 5.32 Å². The van der Waals surface area contributed by atoms with Crippen LogP contribution >= 0.6 is 0 Å². The van der Waals surface area contributed by atoms with Crippen molar-refractivity contribution >= 4 is 18.0 Å². The molecule has 0 spiro atoms. The number of rotatable bonds is 5. The van der Waals surface area contributed by atoms with Crippen LogP contribution in [0.4, 0.5) is 4.79 Å². The highest BCUT2D eigenvalue weighted by Crippen LogP contribution is 2.15. The van der Waals surface area contributed by atoms with E-state index in [1.807, 2.05) is 0 Å². The number of carbonyl (C=O) groups excluding carboxylic acids is 3. The van der Waals surface area contributed by atoms with Gasteiger partial charge in [0.1, 0.15) is 17.2 Å². The molecule has 7 heteroatoms. The Morgan fingerprint density at radius 1 is 0.913 bits per heavy atom. The summed E-state index contributed by atoms with van der Waals surface area (Å²) >= 11 is 0. The molecule has 0 aliphatic heterocycles. The van der Waals surface area contributed by atoms with E-state index in [-0.39, 0.29) is 6.42 Å². The zero-order valence-corrected chi connectivity index (χ0v) is 15.3. The first kappa shape index (κ1) is 21.2. The van der Waals surface area contributed by atoms with Gasteiger partial charge in [0.25, 0.3) is 0 Å². The maximum atomic E-state index is 12.3. The number of amides is 1. The maximum Gasteiger partial charge on any atom is 0.408 e. The monoisotopic (exact) mass is 331 g/mol. The number of ether oxygens (including phenoxy) is 3. The smallest absolute Gasteiger partial charge is 0.408 e. The Bertz CT molecular complexity index is 433. The summed E-state index contributed by atoms with van der Waals surface area (Å²) in [6, 6.07) is -1.00. The molecule has 1 amide bonds. The van der Waals surface area contributed by atoms with Gasteiger partial charge >= 0.3 is 18.0 Å². The van der Waals surface area contributed by atoms with Crippen LogP contribution in [0.25, 0.3) is 0 Å². The van der Waals surface area contributed by atoms with Crippen molar-refractivity contribution < 1.29 is 28.6 Å². The number of alkyl carbamates (subject to hydrolysis) is 1. The first-order valence-electron chi connectivity index (χ1n) is 7.55. The minimum atomic E-state index is -1.00. The van der Waals surface area contributed by atoms with E-state index in [2.05, 4.69) is 10.1 Å². The summed E-state index contributed by atoms with van der Waals surface area (Å²) < 4.78 is 15.1. The molecule has 0 aliphatic carbocycles. The number of hydrogen-bond acceptors (Lipinski definition) is 6. The summed E-state index contributed by atoms with van der Waals surface area (Å²) in [6.07, 6.45) is -0.689. The van der Waals surface area contributed by atoms with Crippen LogP contribution in [-0.2, 0) is 23.8 Å². The van der Waals surface area contributed by atoms with Gasteiger partial charge in [-0.1, -0.05) is 6.92 Å². The molecule has 0 rings (SSSR count). The minimum absolute atomic E-state index is 0.0564. The van der Waals surface area contributed by atoms with Crippen LogP contribution in [0.5, 0.6) is 0 Å². The van der Waals surface area contributed by atoms with Crippen LogP contribution in [0.15, 0.2) is 0 Å². The second-order valence-electron chi connectivity index (χ2n) is 7.39. The van der Waals surface area contributed by atoms with Crippen molar-refractivity contribution in [2.45, 2.75) is 72.1 Å². The summed E-state index contributed by atoms with van der Waals surface area (Å²) in [5, 5.41) is 2.46. The highest BCUT2D eigenvalue weighted by atomic mass is 16.6. The molecule has 0 radical (unpaired) electrons. The summed E-state index contributed by atoms with van der Waals surface area (Å²) in [7, 11) is 1.27. The highest BCUT2D eigenvalue weighted by molar-refractivity contribution is 5.82. The number of nitrogens with one attached hydrogen (secondary N) is 1. The van der Waals surface area contributed by atoms with Crippen molar-refractivity contribution in [1.29, 1.82) is 0 Å². The van der Waals surface area contributed by atoms with Gasteiger partial charge in [-0.2, -0.15) is 0 Å². The Hall–Kier alpha value is -1.79. The van der Waals surface area contributed by atoms with Gasteiger partial charge in [0.2, 0.25) is 0 Å². The number of carbonyl (C=O) groups is 3. The molecule has 0 bridgehead atoms. The lowest BCUT2D eigenvalue weighted by atomic mass is 10.0. The third kappa shape index (κ3) is 9.76. The van der Waals surface area contributed by atoms with Gasteiger partial charge in [-0.3, -0.25) is 4.79 Å². The topological polar surface area (TPSA) is 90.9 Å². The lowest BCUT2D eigenvalue weighted by molar-refractivity contribution is -0.158. The number of esters is 2. The molecule has 0 aromatic heterocycles. The van der Waals surface area contributed by atoms with Crippen LogP contribution in [0.1, 0.15) is 54.9 Å². The fourth-order valence-electron chi connectivity index (χ4n) is 1.69. The molecule has 0 aromatic rings. The van der Waals surface area contributed by atoms with Gasteiger partial charge in [0.05, 0.1) is 13.0 Å². The normalized spacial score (nSPS) is 14.4. The van der Waals surface area contributed by atoms with Crippen LogP contribution in [-0.4, -0.2) is 42.4 Å². The van der Waals surface area contributed by atoms with E-state index in [1.165, 1.54) is 7.11 Å². The first-order valence-corrected chi connectivity index (χ1v) is 7.55.